The highest BCUT2D eigenvalue weighted by Gasteiger charge is 2.50. The molecule has 290 valence electrons. The van der Waals surface area contributed by atoms with Gasteiger partial charge in [-0.2, -0.15) is 0 Å². The van der Waals surface area contributed by atoms with Crippen LogP contribution in [0.5, 0.6) is 0 Å². The fourth-order valence-corrected chi connectivity index (χ4v) is 21.3. The van der Waals surface area contributed by atoms with Crippen LogP contribution in [0.25, 0.3) is 55.6 Å². The van der Waals surface area contributed by atoms with Crippen molar-refractivity contribution in [1.29, 1.82) is 0 Å². The summed E-state index contributed by atoms with van der Waals surface area (Å²) in [6.07, 6.45) is 0. The molecule has 0 unspecified atom stereocenters. The molecule has 2 aliphatic heterocycles. The molecule has 10 aromatic carbocycles. The van der Waals surface area contributed by atoms with E-state index in [9.17, 15) is 0 Å². The molecule has 0 aromatic heterocycles. The zero-order valence-corrected chi connectivity index (χ0v) is 36.2. The summed E-state index contributed by atoms with van der Waals surface area (Å²) in [5, 5.41) is 11.5. The van der Waals surface area contributed by atoms with Crippen molar-refractivity contribution in [3.63, 3.8) is 0 Å². The van der Waals surface area contributed by atoms with Crippen LogP contribution in [0.4, 0.5) is 0 Å². The normalized spacial score (nSPS) is 13.7. The smallest absolute Gasteiger partial charge is 0.0623 e. The maximum absolute atomic E-state index is 2.57. The third kappa shape index (κ3) is 5.44. The van der Waals surface area contributed by atoms with Gasteiger partial charge in [-0.15, -0.1) is 0 Å². The highest BCUT2D eigenvalue weighted by Crippen LogP contribution is 2.38. The number of hydrogen-bond acceptors (Lipinski definition) is 0. The van der Waals surface area contributed by atoms with E-state index in [1.807, 2.05) is 0 Å². The molecular formula is C60H42Si2. The zero-order valence-electron chi connectivity index (χ0n) is 34.2. The van der Waals surface area contributed by atoms with Crippen molar-refractivity contribution in [2.45, 2.75) is 0 Å². The summed E-state index contributed by atoms with van der Waals surface area (Å²) in [6.45, 7) is 0. The summed E-state index contributed by atoms with van der Waals surface area (Å²) in [4.78, 5) is 0. The van der Waals surface area contributed by atoms with Crippen LogP contribution in [0.15, 0.2) is 255 Å². The predicted octanol–water partition coefficient (Wildman–Crippen LogP) is 9.40. The highest BCUT2D eigenvalue weighted by atomic mass is 28.3. The topological polar surface area (TPSA) is 0 Å². The highest BCUT2D eigenvalue weighted by molar-refractivity contribution is 7.23. The Bertz CT molecular complexity index is 2990. The van der Waals surface area contributed by atoms with E-state index in [1.165, 1.54) is 97.1 Å². The average Bonchev–Trinajstić information content (AvgIpc) is 3.83. The lowest BCUT2D eigenvalue weighted by Gasteiger charge is -2.31. The summed E-state index contributed by atoms with van der Waals surface area (Å²) in [5.74, 6) is 0. The second kappa shape index (κ2) is 14.7. The summed E-state index contributed by atoms with van der Waals surface area (Å²) in [6, 6.07) is 96.3. The molecule has 0 atom stereocenters. The Morgan fingerprint density at radius 3 is 0.839 bits per heavy atom. The first kappa shape index (κ1) is 36.5. The predicted molar refractivity (Wildman–Crippen MR) is 268 cm³/mol. The number of fused-ring (bicyclic) bond motifs is 6. The minimum atomic E-state index is -2.57. The van der Waals surface area contributed by atoms with Gasteiger partial charge in [-0.25, -0.2) is 0 Å². The zero-order chi connectivity index (χ0) is 41.1. The van der Waals surface area contributed by atoms with Gasteiger partial charge in [0.05, 0.1) is 0 Å². The molecule has 2 heterocycles. The van der Waals surface area contributed by atoms with Gasteiger partial charge in [0, 0.05) is 0 Å². The van der Waals surface area contributed by atoms with E-state index in [0.717, 1.165) is 0 Å². The third-order valence-electron chi connectivity index (χ3n) is 13.6. The van der Waals surface area contributed by atoms with Crippen molar-refractivity contribution in [1.82, 2.24) is 0 Å². The Labute approximate surface area is 366 Å². The van der Waals surface area contributed by atoms with Crippen molar-refractivity contribution in [3.8, 4) is 55.6 Å². The Kier molecular flexibility index (Phi) is 8.63. The van der Waals surface area contributed by atoms with Crippen LogP contribution in [-0.4, -0.2) is 16.1 Å². The van der Waals surface area contributed by atoms with Gasteiger partial charge in [-0.05, 0) is 127 Å². The van der Waals surface area contributed by atoms with Crippen molar-refractivity contribution in [2.24, 2.45) is 0 Å². The molecular weight excluding hydrogens is 777 g/mol. The van der Waals surface area contributed by atoms with E-state index in [1.54, 1.807) is 0 Å². The van der Waals surface area contributed by atoms with Gasteiger partial charge in [-0.3, -0.25) is 0 Å². The molecule has 0 bridgehead atoms. The van der Waals surface area contributed by atoms with Gasteiger partial charge in [0.25, 0.3) is 0 Å². The van der Waals surface area contributed by atoms with Crippen molar-refractivity contribution < 1.29 is 0 Å². The van der Waals surface area contributed by atoms with Gasteiger partial charge in [0.15, 0.2) is 16.1 Å². The standard InChI is InChI=1S/C60H42Si2/c1-6-20-43(21-7-1)46-38-47(44-34-36-59-55(41-44)53-30-16-18-32-57(53)61(59,49-22-8-2-9-23-49)50-24-10-3-11-25-50)40-48(39-46)45-35-37-60-56(42-45)54-31-17-19-33-58(54)62(60,51-26-12-4-13-27-51)52-28-14-5-15-29-52/h1-42H. The summed E-state index contributed by atoms with van der Waals surface area (Å²) < 4.78 is 0. The first-order chi connectivity index (χ1) is 30.7. The molecule has 2 heteroatoms. The van der Waals surface area contributed by atoms with E-state index >= 15 is 0 Å². The summed E-state index contributed by atoms with van der Waals surface area (Å²) >= 11 is 0. The maximum atomic E-state index is 2.49. The van der Waals surface area contributed by atoms with E-state index in [2.05, 4.69) is 255 Å². The number of benzene rings is 10. The molecule has 0 fully saturated rings. The quantitative estimate of drug-likeness (QED) is 0.141. The van der Waals surface area contributed by atoms with Crippen LogP contribution in [0.1, 0.15) is 0 Å². The van der Waals surface area contributed by atoms with Crippen LogP contribution >= 0.6 is 0 Å². The second-order valence-corrected chi connectivity index (χ2v) is 24.2. The first-order valence-corrected chi connectivity index (χ1v) is 25.7. The molecule has 0 radical (unpaired) electrons. The van der Waals surface area contributed by atoms with E-state index in [-0.39, 0.29) is 0 Å². The molecule has 0 N–H and O–H groups in total. The third-order valence-corrected chi connectivity index (χ3v) is 23.4. The van der Waals surface area contributed by atoms with Gasteiger partial charge >= 0.3 is 0 Å². The lowest BCUT2D eigenvalue weighted by molar-refractivity contribution is 1.57. The first-order valence-electron chi connectivity index (χ1n) is 21.7. The molecule has 12 rings (SSSR count). The van der Waals surface area contributed by atoms with Crippen molar-refractivity contribution >= 4 is 57.6 Å². The minimum Gasteiger partial charge on any atom is -0.0623 e. The Morgan fingerprint density at radius 1 is 0.177 bits per heavy atom. The van der Waals surface area contributed by atoms with Gasteiger partial charge < -0.3 is 0 Å². The van der Waals surface area contributed by atoms with Crippen LogP contribution in [0, 0.1) is 0 Å². The molecule has 0 saturated heterocycles. The summed E-state index contributed by atoms with van der Waals surface area (Å²) in [7, 11) is -5.15. The largest absolute Gasteiger partial charge is 0.180 e. The molecule has 0 spiro atoms. The number of rotatable bonds is 7. The molecule has 62 heavy (non-hydrogen) atoms. The van der Waals surface area contributed by atoms with Crippen molar-refractivity contribution in [2.75, 3.05) is 0 Å². The van der Waals surface area contributed by atoms with Crippen LogP contribution in [0.2, 0.25) is 0 Å². The minimum absolute atomic E-state index is 1.22. The SMILES string of the molecule is c1ccc(-c2cc(-c3ccc4c(c3)-c3ccccc3[Si]4(c3ccccc3)c3ccccc3)cc(-c3ccc4c(c3)-c3ccccc3[Si]4(c3ccccc3)c3ccccc3)c2)cc1. The molecule has 0 aliphatic carbocycles. The van der Waals surface area contributed by atoms with Crippen LogP contribution in [0.3, 0.4) is 0 Å². The molecule has 0 nitrogen and oxygen atoms in total. The van der Waals surface area contributed by atoms with Crippen LogP contribution < -0.4 is 41.5 Å². The summed E-state index contributed by atoms with van der Waals surface area (Å²) in [5.41, 5.74) is 12.7. The Hall–Kier alpha value is -7.37. The lowest BCUT2D eigenvalue weighted by atomic mass is 9.91. The van der Waals surface area contributed by atoms with Gasteiger partial charge in [0.2, 0.25) is 0 Å². The molecule has 10 aromatic rings. The van der Waals surface area contributed by atoms with Crippen molar-refractivity contribution in [3.05, 3.63) is 255 Å². The van der Waals surface area contributed by atoms with Gasteiger partial charge in [0.1, 0.15) is 0 Å². The van der Waals surface area contributed by atoms with Crippen LogP contribution in [-0.2, 0) is 0 Å². The molecule has 2 aliphatic rings. The van der Waals surface area contributed by atoms with Gasteiger partial charge in [-0.1, -0.05) is 224 Å². The van der Waals surface area contributed by atoms with E-state index in [0.29, 0.717) is 0 Å². The fourth-order valence-electron chi connectivity index (χ4n) is 11.0. The lowest BCUT2D eigenvalue weighted by Crippen LogP contribution is -2.72. The Balaban J connectivity index is 1.06. The monoisotopic (exact) mass is 818 g/mol. The van der Waals surface area contributed by atoms with E-state index < -0.39 is 16.1 Å². The average molecular weight is 819 g/mol. The Morgan fingerprint density at radius 2 is 0.468 bits per heavy atom. The molecule has 0 amide bonds. The maximum Gasteiger partial charge on any atom is 0.180 e. The number of hydrogen-bond donors (Lipinski definition) is 0. The molecule has 0 saturated carbocycles. The second-order valence-electron chi connectivity index (χ2n) is 16.7. The van der Waals surface area contributed by atoms with E-state index in [4.69, 9.17) is 0 Å². The fraction of sp³-hybridized carbons (Fsp3) is 0.